The smallest absolute Gasteiger partial charge is 0.127 e. The maximum absolute atomic E-state index is 14.2. The summed E-state index contributed by atoms with van der Waals surface area (Å²) in [6.45, 7) is 17.3. The highest BCUT2D eigenvalue weighted by Crippen LogP contribution is 2.26. The SMILES string of the molecule is C=C/C=C(C#N)\C=C(/CCC)Oc1ccc(F)c(C(C)COCCC)c1.CCC(C)=N.CCOC. The van der Waals surface area contributed by atoms with Gasteiger partial charge in [0.05, 0.1) is 18.2 Å². The highest BCUT2D eigenvalue weighted by Gasteiger charge is 2.13. The normalized spacial score (nSPS) is 11.7. The number of ether oxygens (including phenoxy) is 3. The van der Waals surface area contributed by atoms with Crippen LogP contribution >= 0.6 is 0 Å². The topological polar surface area (TPSA) is 75.3 Å². The van der Waals surface area contributed by atoms with Crippen molar-refractivity contribution in [2.24, 2.45) is 0 Å². The average molecular weight is 489 g/mol. The number of methoxy groups -OCH3 is 1. The van der Waals surface area contributed by atoms with E-state index in [1.807, 2.05) is 34.6 Å². The van der Waals surface area contributed by atoms with Gasteiger partial charge < -0.3 is 19.6 Å². The van der Waals surface area contributed by atoms with Crippen molar-refractivity contribution in [3.63, 3.8) is 0 Å². The third-order valence-electron chi connectivity index (χ3n) is 4.52. The van der Waals surface area contributed by atoms with Crippen LogP contribution < -0.4 is 4.74 Å². The summed E-state index contributed by atoms with van der Waals surface area (Å²) in [5, 5.41) is 15.9. The number of nitrogens with zero attached hydrogens (tertiary/aromatic N) is 1. The Morgan fingerprint density at radius 2 is 1.86 bits per heavy atom. The van der Waals surface area contributed by atoms with E-state index in [2.05, 4.69) is 17.4 Å². The maximum atomic E-state index is 14.2. The van der Waals surface area contributed by atoms with E-state index in [1.54, 1.807) is 44.4 Å². The molecule has 1 atom stereocenters. The zero-order valence-electron chi connectivity index (χ0n) is 22.7. The van der Waals surface area contributed by atoms with Crippen LogP contribution in [0, 0.1) is 22.6 Å². The van der Waals surface area contributed by atoms with Crippen LogP contribution in [0.5, 0.6) is 5.75 Å². The summed E-state index contributed by atoms with van der Waals surface area (Å²) < 4.78 is 30.2. The Morgan fingerprint density at radius 3 is 2.31 bits per heavy atom. The summed E-state index contributed by atoms with van der Waals surface area (Å²) in [6.07, 6.45) is 8.26. The minimum absolute atomic E-state index is 0.0703. The summed E-state index contributed by atoms with van der Waals surface area (Å²) in [4.78, 5) is 0. The molecule has 1 unspecified atom stereocenters. The fourth-order valence-corrected chi connectivity index (χ4v) is 2.43. The van der Waals surface area contributed by atoms with Crippen LogP contribution in [0.15, 0.2) is 54.3 Å². The molecule has 1 N–H and O–H groups in total. The van der Waals surface area contributed by atoms with Crippen molar-refractivity contribution in [3.8, 4) is 11.8 Å². The second-order valence-electron chi connectivity index (χ2n) is 7.80. The van der Waals surface area contributed by atoms with Gasteiger partial charge in [-0.25, -0.2) is 4.39 Å². The summed E-state index contributed by atoms with van der Waals surface area (Å²) in [5.41, 5.74) is 1.79. The first-order valence-corrected chi connectivity index (χ1v) is 12.3. The molecular formula is C29H45FN2O3. The van der Waals surface area contributed by atoms with Crippen molar-refractivity contribution in [2.45, 2.75) is 73.1 Å². The number of nitriles is 1. The monoisotopic (exact) mass is 488 g/mol. The van der Waals surface area contributed by atoms with Crippen LogP contribution in [0.4, 0.5) is 4.39 Å². The molecule has 0 radical (unpaired) electrons. The molecule has 1 rings (SSSR count). The lowest BCUT2D eigenvalue weighted by atomic mass is 10.0. The molecular weight excluding hydrogens is 443 g/mol. The van der Waals surface area contributed by atoms with E-state index in [-0.39, 0.29) is 11.7 Å². The largest absolute Gasteiger partial charge is 0.462 e. The fraction of sp³-hybridized carbons (Fsp3) is 0.517. The zero-order valence-corrected chi connectivity index (χ0v) is 22.7. The molecule has 0 spiro atoms. The molecule has 0 saturated carbocycles. The van der Waals surface area contributed by atoms with Crippen molar-refractivity contribution in [1.29, 1.82) is 10.7 Å². The van der Waals surface area contributed by atoms with E-state index < -0.39 is 0 Å². The van der Waals surface area contributed by atoms with Crippen LogP contribution in [0.3, 0.4) is 0 Å². The lowest BCUT2D eigenvalue weighted by Gasteiger charge is -2.16. The summed E-state index contributed by atoms with van der Waals surface area (Å²) >= 11 is 0. The Labute approximate surface area is 212 Å². The van der Waals surface area contributed by atoms with Crippen LogP contribution in [-0.2, 0) is 9.47 Å². The van der Waals surface area contributed by atoms with Gasteiger partial charge in [0.15, 0.2) is 0 Å². The number of allylic oxidation sites excluding steroid dienone is 5. The molecule has 1 aromatic rings. The predicted octanol–water partition coefficient (Wildman–Crippen LogP) is 8.14. The lowest BCUT2D eigenvalue weighted by Crippen LogP contribution is -2.07. The van der Waals surface area contributed by atoms with Gasteiger partial charge in [-0.1, -0.05) is 40.3 Å². The first-order chi connectivity index (χ1) is 16.7. The van der Waals surface area contributed by atoms with Crippen LogP contribution in [0.1, 0.15) is 78.7 Å². The second-order valence-corrected chi connectivity index (χ2v) is 7.80. The van der Waals surface area contributed by atoms with Gasteiger partial charge in [-0.3, -0.25) is 0 Å². The van der Waals surface area contributed by atoms with Gasteiger partial charge in [0.2, 0.25) is 0 Å². The molecule has 6 heteroatoms. The highest BCUT2D eigenvalue weighted by molar-refractivity contribution is 5.78. The number of halogens is 1. The van der Waals surface area contributed by atoms with Crippen molar-refractivity contribution in [1.82, 2.24) is 0 Å². The zero-order chi connectivity index (χ0) is 27.1. The molecule has 0 aliphatic carbocycles. The van der Waals surface area contributed by atoms with Crippen molar-refractivity contribution in [2.75, 3.05) is 26.9 Å². The fourth-order valence-electron chi connectivity index (χ4n) is 2.43. The maximum Gasteiger partial charge on any atom is 0.127 e. The number of benzene rings is 1. The van der Waals surface area contributed by atoms with Gasteiger partial charge >= 0.3 is 0 Å². The quantitative estimate of drug-likeness (QED) is 0.0999. The van der Waals surface area contributed by atoms with Gasteiger partial charge in [-0.05, 0) is 69.0 Å². The molecule has 0 saturated heterocycles. The number of rotatable bonds is 13. The van der Waals surface area contributed by atoms with Gasteiger partial charge in [0.25, 0.3) is 0 Å². The molecule has 35 heavy (non-hydrogen) atoms. The van der Waals surface area contributed by atoms with Crippen molar-refractivity contribution in [3.05, 3.63) is 65.7 Å². The van der Waals surface area contributed by atoms with Gasteiger partial charge in [-0.2, -0.15) is 5.26 Å². The molecule has 1 aromatic carbocycles. The standard InChI is InChI=1S/C22H28FNO2.C4H9N.C3H8O/c1-5-8-18(15-24)13-19(9-6-2)26-20-10-11-22(23)21(14-20)17(4)16-25-12-7-3;1-3-4(2)5;1-3-4-2/h5,8,10-11,13-14,17H,1,6-7,9,12,16H2,2-4H3;5H,3H2,1-2H3;3H2,1-2H3/b18-8+,19-13+;;. The Balaban J connectivity index is 0. The van der Waals surface area contributed by atoms with Gasteiger partial charge in [-0.15, -0.1) is 0 Å². The van der Waals surface area contributed by atoms with E-state index in [0.717, 1.165) is 31.6 Å². The molecule has 5 nitrogen and oxygen atoms in total. The third-order valence-corrected chi connectivity index (χ3v) is 4.52. The Morgan fingerprint density at radius 1 is 1.23 bits per heavy atom. The molecule has 0 heterocycles. The predicted molar refractivity (Wildman–Crippen MR) is 145 cm³/mol. The lowest BCUT2D eigenvalue weighted by molar-refractivity contribution is 0.123. The van der Waals surface area contributed by atoms with E-state index in [4.69, 9.17) is 20.1 Å². The molecule has 0 bridgehead atoms. The average Bonchev–Trinajstić information content (AvgIpc) is 2.85. The van der Waals surface area contributed by atoms with E-state index in [9.17, 15) is 4.39 Å². The second kappa shape index (κ2) is 23.0. The molecule has 0 aliphatic heterocycles. The van der Waals surface area contributed by atoms with Crippen molar-refractivity contribution < 1.29 is 18.6 Å². The number of hydrogen-bond acceptors (Lipinski definition) is 5. The van der Waals surface area contributed by atoms with Crippen LogP contribution in [-0.4, -0.2) is 32.6 Å². The molecule has 0 aliphatic rings. The highest BCUT2D eigenvalue weighted by atomic mass is 19.1. The van der Waals surface area contributed by atoms with E-state index in [0.29, 0.717) is 42.3 Å². The minimum atomic E-state index is -0.268. The Bertz CT molecular complexity index is 824. The van der Waals surface area contributed by atoms with Crippen molar-refractivity contribution >= 4 is 5.71 Å². The first kappa shape index (κ1) is 34.4. The number of nitrogens with one attached hydrogen (secondary N) is 1. The minimum Gasteiger partial charge on any atom is -0.462 e. The Kier molecular flexibility index (Phi) is 22.6. The molecule has 196 valence electrons. The van der Waals surface area contributed by atoms with Gasteiger partial charge in [0, 0.05) is 38.4 Å². The summed E-state index contributed by atoms with van der Waals surface area (Å²) in [5.74, 6) is 0.878. The summed E-state index contributed by atoms with van der Waals surface area (Å²) in [7, 11) is 1.68. The third kappa shape index (κ3) is 18.3. The van der Waals surface area contributed by atoms with Crippen LogP contribution in [0.25, 0.3) is 0 Å². The van der Waals surface area contributed by atoms with E-state index >= 15 is 0 Å². The number of hydrogen-bond donors (Lipinski definition) is 1. The Hall–Kier alpha value is -2.75. The molecule has 0 fully saturated rings. The molecule has 0 amide bonds. The van der Waals surface area contributed by atoms with Crippen LogP contribution in [0.2, 0.25) is 0 Å². The van der Waals surface area contributed by atoms with Gasteiger partial charge in [0.1, 0.15) is 17.3 Å². The molecule has 0 aromatic heterocycles. The first-order valence-electron chi connectivity index (χ1n) is 12.3. The summed E-state index contributed by atoms with van der Waals surface area (Å²) in [6, 6.07) is 6.83. The van der Waals surface area contributed by atoms with E-state index in [1.165, 1.54) is 6.07 Å².